The summed E-state index contributed by atoms with van der Waals surface area (Å²) in [6.45, 7) is 5.23. The third kappa shape index (κ3) is 13.0. The molecule has 4 heterocycles. The van der Waals surface area contributed by atoms with Crippen LogP contribution in [-0.2, 0) is 51.1 Å². The molecule has 19 nitrogen and oxygen atoms in total. The number of unbranched alkanes of at least 4 members (excludes halogenated alkanes) is 2. The van der Waals surface area contributed by atoms with Gasteiger partial charge in [0.05, 0.1) is 42.4 Å². The highest BCUT2D eigenvalue weighted by molar-refractivity contribution is 5.89. The molecule has 4 fully saturated rings. The molecule has 2 aromatic heterocycles. The molecule has 19 heteroatoms. The number of aromatic nitrogens is 4. The third-order valence-electron chi connectivity index (χ3n) is 15.1. The SMILES string of the molecule is Cc1ccc2c(ccn2Cn2cc(CCCCCC(=O)C3CC(C)[C@@H](O[C@@H]4OC(C)[C@@H](O)[C@H](O)C4O)[C@H](O[C@@H]4O[C@@H](CO)[C@H](O)C(O[C@@H](CC5CCCCC5)C(=O)O)C4OC(=O)c4ccccc4)C3)nn2)c1. The van der Waals surface area contributed by atoms with Crippen LogP contribution in [0.1, 0.15) is 113 Å². The molecule has 4 aromatic rings. The van der Waals surface area contributed by atoms with Gasteiger partial charge in [-0.25, -0.2) is 14.3 Å². The molecule has 0 spiro atoms. The average molecular weight is 1010 g/mol. The molecule has 0 bridgehead atoms. The lowest BCUT2D eigenvalue weighted by atomic mass is 9.75. The summed E-state index contributed by atoms with van der Waals surface area (Å²) < 4.78 is 41.5. The zero-order valence-corrected chi connectivity index (χ0v) is 41.3. The van der Waals surface area contributed by atoms with E-state index in [1.54, 1.807) is 18.2 Å². The second-order valence-corrected chi connectivity index (χ2v) is 20.5. The number of nitrogens with zero attached hydrogens (tertiary/aromatic N) is 4. The van der Waals surface area contributed by atoms with Gasteiger partial charge in [-0.15, -0.1) is 5.10 Å². The van der Waals surface area contributed by atoms with Crippen LogP contribution in [0.2, 0.25) is 0 Å². The van der Waals surface area contributed by atoms with E-state index in [0.29, 0.717) is 25.9 Å². The smallest absolute Gasteiger partial charge is 0.338 e. The summed E-state index contributed by atoms with van der Waals surface area (Å²) in [4.78, 5) is 40.9. The number of aliphatic carboxylic acids is 1. The maximum Gasteiger partial charge on any atom is 0.338 e. The Morgan fingerprint density at radius 1 is 0.833 bits per heavy atom. The average Bonchev–Trinajstić information content (AvgIpc) is 4.00. The van der Waals surface area contributed by atoms with Gasteiger partial charge < -0.3 is 63.6 Å². The maximum atomic E-state index is 14.2. The minimum Gasteiger partial charge on any atom is -0.479 e. The predicted octanol–water partition coefficient (Wildman–Crippen LogP) is 4.48. The van der Waals surface area contributed by atoms with E-state index in [4.69, 9.17) is 28.4 Å². The Hall–Kier alpha value is -4.67. The molecule has 4 aliphatic rings. The molecule has 15 atom stereocenters. The standard InChI is InChI=1S/C53H72N4O15/c1-30-19-20-38-35(23-30)21-22-56(38)29-57-27-37(54-55-57)17-11-6-12-18-39(59)36-24-31(2)47(72-52-46(63)45(62)43(60)32(3)67-52)40(26-36)69-53-49(71-51(66)34-15-9-5-10-16-34)48(44(61)42(28-58)70-53)68-41(50(64)65)25-33-13-7-4-8-14-33/h5,9-10,15-16,19-23,27,31-33,36,40-49,52-53,58,60-63H,4,6-8,11-14,17-18,24-26,28-29H2,1-3H3,(H,64,65)/t31?,32?,36?,40-,41+,42+,43-,44+,45+,46?,47-,48?,49?,52+,53-/m1/s1. The zero-order chi connectivity index (χ0) is 51.1. The summed E-state index contributed by atoms with van der Waals surface area (Å²) in [5.74, 6) is -3.07. The van der Waals surface area contributed by atoms with Gasteiger partial charge in [-0.1, -0.05) is 80.5 Å². The van der Waals surface area contributed by atoms with Gasteiger partial charge in [0.25, 0.3) is 0 Å². The molecule has 0 radical (unpaired) electrons. The number of Topliss-reactive ketones (excluding diaryl/α,β-unsaturated/α-hetero) is 1. The van der Waals surface area contributed by atoms with Crippen molar-refractivity contribution in [2.24, 2.45) is 17.8 Å². The number of hydrogen-bond acceptors (Lipinski definition) is 16. The van der Waals surface area contributed by atoms with Crippen LogP contribution in [0.25, 0.3) is 10.9 Å². The molecule has 0 amide bonds. The first-order valence-electron chi connectivity index (χ1n) is 25.7. The molecule has 8 rings (SSSR count). The Labute approximate surface area is 419 Å². The van der Waals surface area contributed by atoms with E-state index in [-0.39, 0.29) is 36.5 Å². The Bertz CT molecular complexity index is 2390. The quantitative estimate of drug-likeness (QED) is 0.0497. The number of esters is 1. The fourth-order valence-electron chi connectivity index (χ4n) is 11.0. The van der Waals surface area contributed by atoms with Crippen molar-refractivity contribution >= 4 is 28.6 Å². The number of carboxylic acids is 1. The fraction of sp³-hybridized carbons (Fsp3) is 0.642. The van der Waals surface area contributed by atoms with E-state index in [9.17, 15) is 45.0 Å². The third-order valence-corrected chi connectivity index (χ3v) is 15.1. The molecular formula is C53H72N4O15. The number of hydrogen-bond donors (Lipinski definition) is 6. The van der Waals surface area contributed by atoms with Crippen LogP contribution < -0.4 is 0 Å². The summed E-state index contributed by atoms with van der Waals surface area (Å²) >= 11 is 0. The van der Waals surface area contributed by atoms with Crippen molar-refractivity contribution in [3.63, 3.8) is 0 Å². The largest absolute Gasteiger partial charge is 0.479 e. The number of ether oxygens (including phenoxy) is 6. The summed E-state index contributed by atoms with van der Waals surface area (Å²) in [5, 5.41) is 74.9. The summed E-state index contributed by atoms with van der Waals surface area (Å²) in [6, 6.07) is 16.5. The van der Waals surface area contributed by atoms with Gasteiger partial charge in [0, 0.05) is 24.1 Å². The van der Waals surface area contributed by atoms with Crippen LogP contribution in [-0.4, -0.2) is 154 Å². The first kappa shape index (κ1) is 53.6. The van der Waals surface area contributed by atoms with Gasteiger partial charge in [-0.3, -0.25) is 4.79 Å². The topological polar surface area (TPSA) is 264 Å². The van der Waals surface area contributed by atoms with Gasteiger partial charge in [0.15, 0.2) is 24.8 Å². The number of benzene rings is 2. The van der Waals surface area contributed by atoms with Crippen LogP contribution in [0.15, 0.2) is 67.0 Å². The predicted molar refractivity (Wildman–Crippen MR) is 258 cm³/mol. The van der Waals surface area contributed by atoms with Gasteiger partial charge >= 0.3 is 11.9 Å². The highest BCUT2D eigenvalue weighted by Gasteiger charge is 2.54. The summed E-state index contributed by atoms with van der Waals surface area (Å²) in [7, 11) is 0. The van der Waals surface area contributed by atoms with E-state index in [1.807, 2.05) is 24.0 Å². The van der Waals surface area contributed by atoms with Crippen molar-refractivity contribution in [1.29, 1.82) is 0 Å². The normalized spacial score (nSPS) is 31.8. The Kier molecular flexibility index (Phi) is 18.3. The van der Waals surface area contributed by atoms with Crippen LogP contribution in [0, 0.1) is 24.7 Å². The van der Waals surface area contributed by atoms with E-state index in [2.05, 4.69) is 46.1 Å². The number of carbonyl (C=O) groups is 3. The minimum atomic E-state index is -1.68. The van der Waals surface area contributed by atoms with Crippen LogP contribution in [0.5, 0.6) is 0 Å². The second-order valence-electron chi connectivity index (χ2n) is 20.5. The molecule has 2 saturated carbocycles. The molecule has 2 aliphatic carbocycles. The molecular weight excluding hydrogens is 933 g/mol. The van der Waals surface area contributed by atoms with Crippen molar-refractivity contribution in [2.75, 3.05) is 6.61 Å². The molecule has 394 valence electrons. The van der Waals surface area contributed by atoms with Crippen molar-refractivity contribution in [1.82, 2.24) is 19.6 Å². The van der Waals surface area contributed by atoms with E-state index in [0.717, 1.165) is 61.5 Å². The minimum absolute atomic E-state index is 0.0106. The van der Waals surface area contributed by atoms with Crippen molar-refractivity contribution in [3.8, 4) is 0 Å². The molecule has 2 aromatic carbocycles. The van der Waals surface area contributed by atoms with Gasteiger partial charge in [-0.05, 0) is 99.9 Å². The van der Waals surface area contributed by atoms with Crippen molar-refractivity contribution in [2.45, 2.75) is 191 Å². The lowest BCUT2D eigenvalue weighted by molar-refractivity contribution is -0.349. The number of carboxylic acid groups (broad SMARTS) is 1. The molecule has 6 unspecified atom stereocenters. The van der Waals surface area contributed by atoms with Crippen molar-refractivity contribution < 1.29 is 73.4 Å². The lowest BCUT2D eigenvalue weighted by Gasteiger charge is -2.48. The molecule has 72 heavy (non-hydrogen) atoms. The Morgan fingerprint density at radius 3 is 2.36 bits per heavy atom. The van der Waals surface area contributed by atoms with E-state index < -0.39 is 110 Å². The van der Waals surface area contributed by atoms with E-state index >= 15 is 0 Å². The fourth-order valence-corrected chi connectivity index (χ4v) is 11.0. The highest BCUT2D eigenvalue weighted by Crippen LogP contribution is 2.40. The first-order chi connectivity index (χ1) is 34.7. The second kappa shape index (κ2) is 24.6. The first-order valence-corrected chi connectivity index (χ1v) is 25.7. The van der Waals surface area contributed by atoms with Crippen LogP contribution in [0.3, 0.4) is 0 Å². The van der Waals surface area contributed by atoms with Gasteiger partial charge in [-0.2, -0.15) is 0 Å². The number of aliphatic hydroxyl groups is 5. The van der Waals surface area contributed by atoms with Gasteiger partial charge in [0.1, 0.15) is 49.1 Å². The summed E-state index contributed by atoms with van der Waals surface area (Å²) in [5.41, 5.74) is 3.31. The number of rotatable bonds is 21. The molecule has 2 aliphatic heterocycles. The molecule has 6 N–H and O–H groups in total. The summed E-state index contributed by atoms with van der Waals surface area (Å²) in [6.07, 6.45) is -6.06. The Morgan fingerprint density at radius 2 is 1.61 bits per heavy atom. The molecule has 2 saturated heterocycles. The number of carbonyl (C=O) groups excluding carboxylic acids is 2. The highest BCUT2D eigenvalue weighted by atomic mass is 16.7. The number of fused-ring (bicyclic) bond motifs is 1. The Balaban J connectivity index is 0.980. The van der Waals surface area contributed by atoms with E-state index in [1.165, 1.54) is 24.6 Å². The zero-order valence-electron chi connectivity index (χ0n) is 41.3. The maximum absolute atomic E-state index is 14.2. The van der Waals surface area contributed by atoms with Gasteiger partial charge in [0.2, 0.25) is 0 Å². The lowest BCUT2D eigenvalue weighted by Crippen LogP contribution is -2.64. The van der Waals surface area contributed by atoms with Crippen LogP contribution >= 0.6 is 0 Å². The van der Waals surface area contributed by atoms with Crippen LogP contribution in [0.4, 0.5) is 0 Å². The van der Waals surface area contributed by atoms with Crippen molar-refractivity contribution in [3.05, 3.63) is 83.8 Å². The number of aryl methyl sites for hydroxylation is 2. The monoisotopic (exact) mass is 1000 g/mol. The number of ketones is 1. The number of aliphatic hydroxyl groups excluding tert-OH is 5.